The van der Waals surface area contributed by atoms with Crippen LogP contribution in [0.5, 0.6) is 0 Å². The molecule has 2 heterocycles. The maximum absolute atomic E-state index is 13.3. The summed E-state index contributed by atoms with van der Waals surface area (Å²) < 4.78 is 36.2. The Balaban J connectivity index is 1.58. The first-order chi connectivity index (χ1) is 13.0. The second-order valence-corrected chi connectivity index (χ2v) is 9.93. The van der Waals surface area contributed by atoms with E-state index < -0.39 is 16.1 Å². The average molecular weight is 409 g/mol. The summed E-state index contributed by atoms with van der Waals surface area (Å²) in [6, 6.07) is 4.46. The first-order valence-electron chi connectivity index (χ1n) is 9.52. The quantitative estimate of drug-likeness (QED) is 0.839. The molecule has 0 unspecified atom stereocenters. The second-order valence-electron chi connectivity index (χ2n) is 7.54. The Morgan fingerprint density at radius 1 is 1.19 bits per heavy atom. The van der Waals surface area contributed by atoms with Gasteiger partial charge in [0.05, 0.1) is 11.7 Å². The zero-order valence-electron chi connectivity index (χ0n) is 15.3. The summed E-state index contributed by atoms with van der Waals surface area (Å²) in [5.41, 5.74) is 0.951. The molecule has 2 aliphatic rings. The first kappa shape index (κ1) is 18.8. The Labute approximate surface area is 163 Å². The van der Waals surface area contributed by atoms with Crippen LogP contribution in [0.4, 0.5) is 0 Å². The molecular formula is C18H24N4O3S2. The van der Waals surface area contributed by atoms with Gasteiger partial charge in [-0.25, -0.2) is 8.42 Å². The van der Waals surface area contributed by atoms with Gasteiger partial charge >= 0.3 is 0 Å². The average Bonchev–Trinajstić information content (AvgIpc) is 3.32. The van der Waals surface area contributed by atoms with Gasteiger partial charge in [-0.15, -0.1) is 0 Å². The molecule has 0 bridgehead atoms. The van der Waals surface area contributed by atoms with Gasteiger partial charge in [0, 0.05) is 12.6 Å². The predicted octanol–water partition coefficient (Wildman–Crippen LogP) is 2.54. The van der Waals surface area contributed by atoms with Gasteiger partial charge in [0.1, 0.15) is 22.0 Å². The van der Waals surface area contributed by atoms with E-state index in [-0.39, 0.29) is 16.8 Å². The van der Waals surface area contributed by atoms with Gasteiger partial charge in [-0.2, -0.15) is 13.1 Å². The van der Waals surface area contributed by atoms with Crippen molar-refractivity contribution in [2.75, 3.05) is 6.54 Å². The molecule has 1 aromatic carbocycles. The van der Waals surface area contributed by atoms with Gasteiger partial charge in [0.2, 0.25) is 15.9 Å². The topological polar surface area (TPSA) is 92.3 Å². The highest BCUT2D eigenvalue weighted by atomic mass is 32.2. The molecule has 3 atom stereocenters. The fourth-order valence-corrected chi connectivity index (χ4v) is 6.63. The summed E-state index contributed by atoms with van der Waals surface area (Å²) in [4.78, 5) is 13.1. The van der Waals surface area contributed by atoms with Gasteiger partial charge in [-0.05, 0) is 43.7 Å². The first-order valence-corrected chi connectivity index (χ1v) is 11.7. The number of carbonyl (C=O) groups excluding carboxylic acids is 1. The predicted molar refractivity (Wildman–Crippen MR) is 104 cm³/mol. The summed E-state index contributed by atoms with van der Waals surface area (Å²) in [7, 11) is -3.81. The summed E-state index contributed by atoms with van der Waals surface area (Å²) in [6.45, 7) is 2.51. The summed E-state index contributed by atoms with van der Waals surface area (Å²) in [6.07, 6.45) is 5.62. The van der Waals surface area contributed by atoms with Crippen molar-refractivity contribution in [3.05, 3.63) is 18.2 Å². The van der Waals surface area contributed by atoms with Gasteiger partial charge in [-0.1, -0.05) is 25.8 Å². The molecule has 146 valence electrons. The third-order valence-corrected chi connectivity index (χ3v) is 8.26. The highest BCUT2D eigenvalue weighted by Crippen LogP contribution is 2.31. The zero-order chi connectivity index (χ0) is 19.0. The fourth-order valence-electron chi connectivity index (χ4n) is 4.22. The third kappa shape index (κ3) is 3.48. The largest absolute Gasteiger partial charge is 0.352 e. The Morgan fingerprint density at radius 3 is 2.81 bits per heavy atom. The van der Waals surface area contributed by atoms with E-state index in [0.29, 0.717) is 36.3 Å². The molecule has 9 heteroatoms. The van der Waals surface area contributed by atoms with Crippen molar-refractivity contribution in [1.82, 2.24) is 18.4 Å². The number of rotatable bonds is 4. The van der Waals surface area contributed by atoms with Crippen molar-refractivity contribution in [3.63, 3.8) is 0 Å². The minimum atomic E-state index is -3.81. The van der Waals surface area contributed by atoms with Crippen LogP contribution < -0.4 is 5.32 Å². The lowest BCUT2D eigenvalue weighted by molar-refractivity contribution is -0.125. The lowest BCUT2D eigenvalue weighted by Crippen LogP contribution is -2.50. The maximum atomic E-state index is 13.3. The summed E-state index contributed by atoms with van der Waals surface area (Å²) in [5, 5.41) is 3.13. The lowest BCUT2D eigenvalue weighted by atomic mass is 9.86. The molecular weight excluding hydrogens is 384 g/mol. The normalized spacial score (nSPS) is 27.1. The van der Waals surface area contributed by atoms with E-state index in [1.54, 1.807) is 18.2 Å². The standard InChI is InChI=1S/C18H24N4O3S2/c1-12-6-2-3-7-13(12)19-18(23)15-9-5-11-22(15)27(24,25)16-10-4-8-14-17(16)21-26-20-14/h4,8,10,12-13,15H,2-3,5-7,9,11H2,1H3,(H,19,23)/t12-,13-,15-/m1/s1. The van der Waals surface area contributed by atoms with Crippen molar-refractivity contribution in [2.24, 2.45) is 5.92 Å². The lowest BCUT2D eigenvalue weighted by Gasteiger charge is -2.32. The Bertz CT molecular complexity index is 943. The highest BCUT2D eigenvalue weighted by molar-refractivity contribution is 7.89. The maximum Gasteiger partial charge on any atom is 0.246 e. The van der Waals surface area contributed by atoms with E-state index in [1.165, 1.54) is 10.7 Å². The number of fused-ring (bicyclic) bond motifs is 1. The van der Waals surface area contributed by atoms with Crippen LogP contribution in [-0.4, -0.2) is 46.0 Å². The van der Waals surface area contributed by atoms with E-state index in [1.807, 2.05) is 0 Å². The van der Waals surface area contributed by atoms with Crippen LogP contribution in [0.3, 0.4) is 0 Å². The fraction of sp³-hybridized carbons (Fsp3) is 0.611. The number of aromatic nitrogens is 2. The van der Waals surface area contributed by atoms with Crippen molar-refractivity contribution < 1.29 is 13.2 Å². The van der Waals surface area contributed by atoms with Crippen LogP contribution in [0, 0.1) is 5.92 Å². The van der Waals surface area contributed by atoms with Crippen molar-refractivity contribution in [2.45, 2.75) is 62.4 Å². The molecule has 4 rings (SSSR count). The van der Waals surface area contributed by atoms with Crippen LogP contribution in [-0.2, 0) is 14.8 Å². The Hall–Kier alpha value is -1.58. The molecule has 27 heavy (non-hydrogen) atoms. The van der Waals surface area contributed by atoms with Crippen LogP contribution in [0.1, 0.15) is 45.4 Å². The molecule has 1 aliphatic heterocycles. The minimum absolute atomic E-state index is 0.138. The molecule has 1 aliphatic carbocycles. The number of benzene rings is 1. The van der Waals surface area contributed by atoms with Crippen LogP contribution in [0.25, 0.3) is 11.0 Å². The van der Waals surface area contributed by atoms with E-state index in [2.05, 4.69) is 21.0 Å². The Kier molecular flexibility index (Phi) is 5.17. The molecule has 1 N–H and O–H groups in total. The number of nitrogens with one attached hydrogen (secondary N) is 1. The molecule has 1 saturated carbocycles. The number of hydrogen-bond donors (Lipinski definition) is 1. The molecule has 2 aromatic rings. The molecule has 7 nitrogen and oxygen atoms in total. The van der Waals surface area contributed by atoms with E-state index in [0.717, 1.165) is 31.0 Å². The van der Waals surface area contributed by atoms with Gasteiger partial charge in [0.25, 0.3) is 0 Å². The number of nitrogens with zero attached hydrogens (tertiary/aromatic N) is 3. The summed E-state index contributed by atoms with van der Waals surface area (Å²) in [5.74, 6) is 0.266. The van der Waals surface area contributed by atoms with E-state index in [4.69, 9.17) is 0 Å². The monoisotopic (exact) mass is 408 g/mol. The minimum Gasteiger partial charge on any atom is -0.352 e. The molecule has 0 spiro atoms. The number of amides is 1. The molecule has 1 aromatic heterocycles. The van der Waals surface area contributed by atoms with Gasteiger partial charge < -0.3 is 5.32 Å². The number of hydrogen-bond acceptors (Lipinski definition) is 6. The molecule has 1 amide bonds. The molecule has 0 radical (unpaired) electrons. The van der Waals surface area contributed by atoms with Crippen molar-refractivity contribution in [1.29, 1.82) is 0 Å². The van der Waals surface area contributed by atoms with Gasteiger partial charge in [-0.3, -0.25) is 4.79 Å². The third-order valence-electron chi connectivity index (χ3n) is 5.78. The van der Waals surface area contributed by atoms with E-state index >= 15 is 0 Å². The second kappa shape index (κ2) is 7.44. The Morgan fingerprint density at radius 2 is 2.00 bits per heavy atom. The smallest absolute Gasteiger partial charge is 0.246 e. The summed E-state index contributed by atoms with van der Waals surface area (Å²) >= 11 is 0.994. The SMILES string of the molecule is C[C@@H]1CCCC[C@H]1NC(=O)[C@H]1CCCN1S(=O)(=O)c1cccc2nsnc12. The van der Waals surface area contributed by atoms with Crippen molar-refractivity contribution in [3.8, 4) is 0 Å². The van der Waals surface area contributed by atoms with Crippen molar-refractivity contribution >= 4 is 38.7 Å². The molecule has 2 fully saturated rings. The number of sulfonamides is 1. The van der Waals surface area contributed by atoms with Crippen LogP contribution in [0.15, 0.2) is 23.1 Å². The van der Waals surface area contributed by atoms with Crippen LogP contribution in [0.2, 0.25) is 0 Å². The zero-order valence-corrected chi connectivity index (χ0v) is 16.9. The molecule has 1 saturated heterocycles. The number of carbonyl (C=O) groups is 1. The highest BCUT2D eigenvalue weighted by Gasteiger charge is 2.41. The van der Waals surface area contributed by atoms with E-state index in [9.17, 15) is 13.2 Å². The van der Waals surface area contributed by atoms with Crippen LogP contribution >= 0.6 is 11.7 Å². The van der Waals surface area contributed by atoms with Gasteiger partial charge in [0.15, 0.2) is 0 Å².